The maximum absolute atomic E-state index is 4.71. The van der Waals surface area contributed by atoms with Crippen LogP contribution in [0.1, 0.15) is 43.5 Å². The molecule has 28 heavy (non-hydrogen) atoms. The fourth-order valence-electron chi connectivity index (χ4n) is 3.68. The molecule has 1 aliphatic carbocycles. The van der Waals surface area contributed by atoms with Gasteiger partial charge in [-0.25, -0.2) is 4.98 Å². The van der Waals surface area contributed by atoms with E-state index in [9.17, 15) is 0 Å². The number of hydrogen-bond acceptors (Lipinski definition) is 6. The van der Waals surface area contributed by atoms with Crippen molar-refractivity contribution in [3.8, 4) is 0 Å². The zero-order valence-corrected chi connectivity index (χ0v) is 15.8. The summed E-state index contributed by atoms with van der Waals surface area (Å²) in [7, 11) is 0. The number of anilines is 3. The molecule has 0 saturated heterocycles. The Balaban J connectivity index is 1.46. The van der Waals surface area contributed by atoms with E-state index in [1.807, 2.05) is 10.9 Å². The Morgan fingerprint density at radius 3 is 2.96 bits per heavy atom. The Kier molecular flexibility index (Phi) is 3.96. The van der Waals surface area contributed by atoms with E-state index in [0.717, 1.165) is 29.9 Å². The summed E-state index contributed by atoms with van der Waals surface area (Å²) in [5, 5.41) is 11.2. The number of nitrogens with one attached hydrogen (secondary N) is 3. The summed E-state index contributed by atoms with van der Waals surface area (Å²) in [6, 6.07) is 9.08. The molecule has 5 rings (SSSR count). The molecule has 0 bridgehead atoms. The van der Waals surface area contributed by atoms with Gasteiger partial charge in [-0.2, -0.15) is 15.1 Å². The predicted octanol–water partition coefficient (Wildman–Crippen LogP) is 3.97. The van der Waals surface area contributed by atoms with Crippen molar-refractivity contribution in [3.63, 3.8) is 0 Å². The fraction of sp³-hybridized carbons (Fsp3) is 0.300. The quantitative estimate of drug-likeness (QED) is 0.489. The lowest BCUT2D eigenvalue weighted by molar-refractivity contribution is 0.532. The molecule has 4 aromatic rings. The summed E-state index contributed by atoms with van der Waals surface area (Å²) in [5.41, 5.74) is 5.02. The Labute approximate surface area is 162 Å². The van der Waals surface area contributed by atoms with Crippen LogP contribution in [0, 0.1) is 0 Å². The number of aromatic amines is 1. The smallest absolute Gasteiger partial charge is 0.231 e. The first-order valence-corrected chi connectivity index (χ1v) is 9.54. The van der Waals surface area contributed by atoms with Gasteiger partial charge in [0.25, 0.3) is 0 Å². The first-order valence-electron chi connectivity index (χ1n) is 9.54. The van der Waals surface area contributed by atoms with Gasteiger partial charge < -0.3 is 15.6 Å². The normalized spacial score (nSPS) is 15.9. The van der Waals surface area contributed by atoms with Crippen LogP contribution in [0.3, 0.4) is 0 Å². The zero-order chi connectivity index (χ0) is 19.1. The van der Waals surface area contributed by atoms with Crippen molar-refractivity contribution in [3.05, 3.63) is 54.1 Å². The van der Waals surface area contributed by atoms with Gasteiger partial charge in [-0.15, -0.1) is 0 Å². The van der Waals surface area contributed by atoms with E-state index in [-0.39, 0.29) is 6.04 Å². The van der Waals surface area contributed by atoms with Crippen molar-refractivity contribution in [1.82, 2.24) is 29.7 Å². The van der Waals surface area contributed by atoms with Gasteiger partial charge >= 0.3 is 0 Å². The van der Waals surface area contributed by atoms with Crippen molar-refractivity contribution in [2.45, 2.75) is 38.8 Å². The molecule has 0 radical (unpaired) electrons. The third-order valence-corrected chi connectivity index (χ3v) is 5.11. The summed E-state index contributed by atoms with van der Waals surface area (Å²) in [5.74, 6) is 1.24. The molecule has 3 heterocycles. The maximum Gasteiger partial charge on any atom is 0.231 e. The summed E-state index contributed by atoms with van der Waals surface area (Å²) in [4.78, 5) is 16.7. The monoisotopic (exact) mass is 374 g/mol. The molecule has 3 N–H and O–H groups in total. The number of aromatic nitrogens is 6. The fourth-order valence-corrected chi connectivity index (χ4v) is 3.68. The Morgan fingerprint density at radius 2 is 2.11 bits per heavy atom. The Morgan fingerprint density at radius 1 is 1.21 bits per heavy atom. The van der Waals surface area contributed by atoms with E-state index in [0.29, 0.717) is 17.6 Å². The number of aryl methyl sites for hydroxylation is 1. The van der Waals surface area contributed by atoms with Crippen molar-refractivity contribution in [2.75, 3.05) is 10.6 Å². The zero-order valence-electron chi connectivity index (χ0n) is 15.8. The number of fused-ring (bicyclic) bond motifs is 2. The minimum atomic E-state index is 0.225. The minimum Gasteiger partial charge on any atom is -0.361 e. The molecule has 0 spiro atoms. The van der Waals surface area contributed by atoms with E-state index in [2.05, 4.69) is 68.8 Å². The molecule has 8 heteroatoms. The van der Waals surface area contributed by atoms with Gasteiger partial charge in [0.1, 0.15) is 5.52 Å². The van der Waals surface area contributed by atoms with Crippen LogP contribution in [0.25, 0.3) is 11.2 Å². The maximum atomic E-state index is 4.71. The van der Waals surface area contributed by atoms with Crippen LogP contribution in [0.4, 0.5) is 17.5 Å². The van der Waals surface area contributed by atoms with Crippen LogP contribution in [0.2, 0.25) is 0 Å². The highest BCUT2D eigenvalue weighted by Crippen LogP contribution is 2.34. The van der Waals surface area contributed by atoms with Gasteiger partial charge in [0.2, 0.25) is 5.95 Å². The first-order chi connectivity index (χ1) is 13.7. The third kappa shape index (κ3) is 2.96. The van der Waals surface area contributed by atoms with Crippen LogP contribution >= 0.6 is 0 Å². The van der Waals surface area contributed by atoms with Crippen LogP contribution in [0.5, 0.6) is 0 Å². The molecule has 0 amide bonds. The molecule has 1 aromatic carbocycles. The Bertz CT molecular complexity index is 1130. The van der Waals surface area contributed by atoms with E-state index >= 15 is 0 Å². The van der Waals surface area contributed by atoms with Crippen molar-refractivity contribution >= 4 is 28.6 Å². The largest absolute Gasteiger partial charge is 0.361 e. The third-order valence-electron chi connectivity index (χ3n) is 5.11. The highest BCUT2D eigenvalue weighted by molar-refractivity contribution is 5.84. The molecule has 0 unspecified atom stereocenters. The summed E-state index contributed by atoms with van der Waals surface area (Å²) >= 11 is 0. The van der Waals surface area contributed by atoms with Gasteiger partial charge in [-0.3, -0.25) is 4.68 Å². The minimum absolute atomic E-state index is 0.225. The number of rotatable bonds is 5. The van der Waals surface area contributed by atoms with Gasteiger partial charge in [0, 0.05) is 12.2 Å². The molecule has 1 aliphatic rings. The number of imidazole rings is 1. The SMILES string of the molecule is CC(C)n1cc(Nc2nc(N[C@H]3CCc4ccccc43)c3nc[nH]c3n2)cn1. The molecular weight excluding hydrogens is 352 g/mol. The van der Waals surface area contributed by atoms with E-state index in [4.69, 9.17) is 4.98 Å². The van der Waals surface area contributed by atoms with E-state index < -0.39 is 0 Å². The number of benzene rings is 1. The molecule has 142 valence electrons. The van der Waals surface area contributed by atoms with E-state index in [1.165, 1.54) is 11.1 Å². The number of H-pyrrole nitrogens is 1. The molecule has 0 fully saturated rings. The molecule has 0 saturated carbocycles. The van der Waals surface area contributed by atoms with Crippen molar-refractivity contribution in [2.24, 2.45) is 0 Å². The van der Waals surface area contributed by atoms with Gasteiger partial charge in [0.15, 0.2) is 11.5 Å². The molecule has 8 nitrogen and oxygen atoms in total. The van der Waals surface area contributed by atoms with Crippen LogP contribution < -0.4 is 10.6 Å². The lowest BCUT2D eigenvalue weighted by Gasteiger charge is -2.15. The topological polar surface area (TPSA) is 96.3 Å². The van der Waals surface area contributed by atoms with Gasteiger partial charge in [-0.1, -0.05) is 24.3 Å². The number of nitrogens with zero attached hydrogens (tertiary/aromatic N) is 5. The van der Waals surface area contributed by atoms with E-state index in [1.54, 1.807) is 12.5 Å². The van der Waals surface area contributed by atoms with Gasteiger partial charge in [0.05, 0.1) is 24.3 Å². The van der Waals surface area contributed by atoms with Crippen LogP contribution in [-0.4, -0.2) is 29.7 Å². The number of hydrogen-bond donors (Lipinski definition) is 3. The molecule has 0 aliphatic heterocycles. The van der Waals surface area contributed by atoms with Gasteiger partial charge in [-0.05, 0) is 37.8 Å². The lowest BCUT2D eigenvalue weighted by atomic mass is 10.1. The lowest BCUT2D eigenvalue weighted by Crippen LogP contribution is -2.10. The summed E-state index contributed by atoms with van der Waals surface area (Å²) in [6.07, 6.45) is 7.49. The Hall–Kier alpha value is -3.42. The van der Waals surface area contributed by atoms with Crippen molar-refractivity contribution in [1.29, 1.82) is 0 Å². The highest BCUT2D eigenvalue weighted by atomic mass is 15.3. The average molecular weight is 374 g/mol. The molecule has 1 atom stereocenters. The second kappa shape index (κ2) is 6.63. The molecular formula is C20H22N8. The first kappa shape index (κ1) is 16.7. The second-order valence-electron chi connectivity index (χ2n) is 7.36. The van der Waals surface area contributed by atoms with Crippen molar-refractivity contribution < 1.29 is 0 Å². The predicted molar refractivity (Wildman–Crippen MR) is 109 cm³/mol. The summed E-state index contributed by atoms with van der Waals surface area (Å²) < 4.78 is 1.89. The average Bonchev–Trinajstić information content (AvgIpc) is 3.42. The highest BCUT2D eigenvalue weighted by Gasteiger charge is 2.23. The second-order valence-corrected chi connectivity index (χ2v) is 7.36. The van der Waals surface area contributed by atoms with Crippen LogP contribution in [0.15, 0.2) is 43.0 Å². The molecule has 3 aromatic heterocycles. The summed E-state index contributed by atoms with van der Waals surface area (Å²) in [6.45, 7) is 4.18. The standard InChI is InChI=1S/C20H22N8/c1-12(2)28-10-14(9-23-28)24-20-26-18-17(21-11-22-18)19(27-20)25-16-8-7-13-5-3-4-6-15(13)16/h3-6,9-12,16H,7-8H2,1-2H3,(H3,21,22,24,25,26,27)/t16-/m0/s1. The van der Waals surface area contributed by atoms with Crippen LogP contribution in [-0.2, 0) is 6.42 Å².